The number of thiophene rings is 1. The smallest absolute Gasteiger partial charge is 0.274 e. The second-order valence-electron chi connectivity index (χ2n) is 7.12. The van der Waals surface area contributed by atoms with Gasteiger partial charge in [-0.3, -0.25) is 4.31 Å². The summed E-state index contributed by atoms with van der Waals surface area (Å²) >= 11 is 1.17. The van der Waals surface area contributed by atoms with Crippen molar-refractivity contribution in [1.82, 2.24) is 4.98 Å². The van der Waals surface area contributed by atoms with Crippen molar-refractivity contribution < 1.29 is 22.3 Å². The van der Waals surface area contributed by atoms with E-state index in [1.165, 1.54) is 15.6 Å². The lowest BCUT2D eigenvalue weighted by molar-refractivity contribution is 0.340. The molecule has 0 radical (unpaired) electrons. The van der Waals surface area contributed by atoms with Gasteiger partial charge in [0.1, 0.15) is 27.2 Å². The van der Waals surface area contributed by atoms with Crippen LogP contribution < -0.4 is 13.8 Å². The third-order valence-electron chi connectivity index (χ3n) is 5.00. The number of hydrogen-bond acceptors (Lipinski definition) is 7. The van der Waals surface area contributed by atoms with E-state index in [1.54, 1.807) is 55.8 Å². The van der Waals surface area contributed by atoms with Crippen LogP contribution in [0.2, 0.25) is 0 Å². The van der Waals surface area contributed by atoms with E-state index in [0.717, 1.165) is 11.3 Å². The molecule has 0 unspecified atom stereocenters. The summed E-state index contributed by atoms with van der Waals surface area (Å²) in [7, 11) is -2.23. The summed E-state index contributed by atoms with van der Waals surface area (Å²) in [5, 5.41) is 1.74. The summed E-state index contributed by atoms with van der Waals surface area (Å²) in [5.41, 5.74) is 1.83. The first-order valence-corrected chi connectivity index (χ1v) is 12.6. The molecule has 0 aliphatic rings. The Bertz CT molecular complexity index is 1300. The fourth-order valence-corrected chi connectivity index (χ4v) is 5.81. The van der Waals surface area contributed by atoms with Gasteiger partial charge < -0.3 is 13.9 Å². The molecule has 33 heavy (non-hydrogen) atoms. The zero-order valence-electron chi connectivity index (χ0n) is 18.5. The Morgan fingerprint density at radius 3 is 2.33 bits per heavy atom. The highest BCUT2D eigenvalue weighted by Gasteiger charge is 2.28. The summed E-state index contributed by atoms with van der Waals surface area (Å²) in [4.78, 5) is 4.61. The van der Waals surface area contributed by atoms with Gasteiger partial charge in [-0.25, -0.2) is 13.4 Å². The van der Waals surface area contributed by atoms with E-state index in [4.69, 9.17) is 13.9 Å². The van der Waals surface area contributed by atoms with Crippen molar-refractivity contribution in [2.45, 2.75) is 24.6 Å². The lowest BCUT2D eigenvalue weighted by Gasteiger charge is -2.23. The molecule has 4 aromatic rings. The number of rotatable bonds is 9. The van der Waals surface area contributed by atoms with Crippen molar-refractivity contribution >= 4 is 27.0 Å². The van der Waals surface area contributed by atoms with Crippen LogP contribution in [-0.2, 0) is 16.6 Å². The molecule has 0 amide bonds. The van der Waals surface area contributed by atoms with Gasteiger partial charge >= 0.3 is 0 Å². The van der Waals surface area contributed by atoms with Crippen LogP contribution in [0.5, 0.6) is 11.5 Å². The molecule has 0 aliphatic heterocycles. The van der Waals surface area contributed by atoms with Crippen LogP contribution in [0.4, 0.5) is 5.69 Å². The van der Waals surface area contributed by atoms with Crippen LogP contribution in [0.15, 0.2) is 74.7 Å². The Kier molecular flexibility index (Phi) is 6.71. The first-order chi connectivity index (χ1) is 15.9. The van der Waals surface area contributed by atoms with Gasteiger partial charge in [0.2, 0.25) is 5.89 Å². The van der Waals surface area contributed by atoms with E-state index in [9.17, 15) is 8.42 Å². The Labute approximate surface area is 197 Å². The molecule has 2 aromatic heterocycles. The first-order valence-electron chi connectivity index (χ1n) is 10.3. The molecule has 4 rings (SSSR count). The van der Waals surface area contributed by atoms with Crippen molar-refractivity contribution in [3.8, 4) is 23.0 Å². The second kappa shape index (κ2) is 9.68. The van der Waals surface area contributed by atoms with E-state index in [0.29, 0.717) is 35.4 Å². The van der Waals surface area contributed by atoms with Crippen LogP contribution in [0.1, 0.15) is 18.4 Å². The second-order valence-corrected chi connectivity index (χ2v) is 10.2. The van der Waals surface area contributed by atoms with Crippen molar-refractivity contribution in [3.05, 3.63) is 77.5 Å². The summed E-state index contributed by atoms with van der Waals surface area (Å²) in [6, 6.07) is 17.6. The highest BCUT2D eigenvalue weighted by molar-refractivity contribution is 7.94. The summed E-state index contributed by atoms with van der Waals surface area (Å²) in [5.74, 6) is 2.38. The van der Waals surface area contributed by atoms with Crippen LogP contribution in [0, 0.1) is 6.92 Å². The highest BCUT2D eigenvalue weighted by atomic mass is 32.2. The summed E-state index contributed by atoms with van der Waals surface area (Å²) in [6.45, 7) is 4.32. The molecule has 2 aromatic carbocycles. The van der Waals surface area contributed by atoms with Crippen LogP contribution in [0.3, 0.4) is 0 Å². The SMILES string of the molecule is CCOc1ccc(-c2nc(CN(c3ccc(OC)cc3)S(=O)(=O)c3cccs3)c(C)o2)cc1. The third-order valence-corrected chi connectivity index (χ3v) is 8.15. The minimum atomic E-state index is -3.80. The molecule has 0 atom stereocenters. The standard InChI is InChI=1S/C24H24N2O5S2/c1-4-30-21-11-7-18(8-12-21)24-25-22(17(2)31-24)16-26(19-9-13-20(29-3)14-10-19)33(27,28)23-6-5-15-32-23/h5-15H,4,16H2,1-3H3. The van der Waals surface area contributed by atoms with Gasteiger partial charge in [-0.15, -0.1) is 11.3 Å². The van der Waals surface area contributed by atoms with Crippen LogP contribution in [0.25, 0.3) is 11.5 Å². The van der Waals surface area contributed by atoms with Gasteiger partial charge in [0.25, 0.3) is 10.0 Å². The minimum absolute atomic E-state index is 0.0267. The number of anilines is 1. The molecule has 0 fully saturated rings. The Balaban J connectivity index is 1.69. The maximum Gasteiger partial charge on any atom is 0.274 e. The van der Waals surface area contributed by atoms with Crippen molar-refractivity contribution in [1.29, 1.82) is 0 Å². The molecule has 0 N–H and O–H groups in total. The molecule has 0 saturated heterocycles. The largest absolute Gasteiger partial charge is 0.497 e. The van der Waals surface area contributed by atoms with Gasteiger partial charge in [0.05, 0.1) is 25.9 Å². The number of methoxy groups -OCH3 is 1. The Morgan fingerprint density at radius 2 is 1.73 bits per heavy atom. The molecule has 0 aliphatic carbocycles. The number of nitrogens with zero attached hydrogens (tertiary/aromatic N) is 2. The zero-order chi connectivity index (χ0) is 23.4. The molecular weight excluding hydrogens is 460 g/mol. The summed E-state index contributed by atoms with van der Waals surface area (Å²) in [6.07, 6.45) is 0. The number of ether oxygens (including phenoxy) is 2. The van der Waals surface area contributed by atoms with E-state index in [-0.39, 0.29) is 10.8 Å². The Morgan fingerprint density at radius 1 is 1.03 bits per heavy atom. The first kappa shape index (κ1) is 22.9. The highest BCUT2D eigenvalue weighted by Crippen LogP contribution is 2.31. The van der Waals surface area contributed by atoms with Gasteiger partial charge in [-0.05, 0) is 73.8 Å². The van der Waals surface area contributed by atoms with Crippen LogP contribution in [-0.4, -0.2) is 27.1 Å². The van der Waals surface area contributed by atoms with Crippen molar-refractivity contribution in [2.75, 3.05) is 18.0 Å². The maximum absolute atomic E-state index is 13.5. The van der Waals surface area contributed by atoms with Gasteiger partial charge in [-0.1, -0.05) is 6.07 Å². The fraction of sp³-hybridized carbons (Fsp3) is 0.208. The number of hydrogen-bond donors (Lipinski definition) is 0. The van der Waals surface area contributed by atoms with Crippen molar-refractivity contribution in [2.24, 2.45) is 0 Å². The predicted molar refractivity (Wildman–Crippen MR) is 129 cm³/mol. The van der Waals surface area contributed by atoms with E-state index in [2.05, 4.69) is 4.98 Å². The molecule has 2 heterocycles. The number of aromatic nitrogens is 1. The Hall–Kier alpha value is -3.30. The lowest BCUT2D eigenvalue weighted by atomic mass is 10.2. The number of sulfonamides is 1. The van der Waals surface area contributed by atoms with Gasteiger partial charge in [0, 0.05) is 5.56 Å². The van der Waals surface area contributed by atoms with Gasteiger partial charge in [-0.2, -0.15) is 0 Å². The van der Waals surface area contributed by atoms with E-state index in [1.807, 2.05) is 31.2 Å². The number of oxazole rings is 1. The monoisotopic (exact) mass is 484 g/mol. The maximum atomic E-state index is 13.5. The zero-order valence-corrected chi connectivity index (χ0v) is 20.2. The normalized spacial score (nSPS) is 11.4. The van der Waals surface area contributed by atoms with Crippen molar-refractivity contribution in [3.63, 3.8) is 0 Å². The summed E-state index contributed by atoms with van der Waals surface area (Å²) < 4.78 is 45.1. The van der Waals surface area contributed by atoms with Crippen LogP contribution >= 0.6 is 11.3 Å². The fourth-order valence-electron chi connectivity index (χ4n) is 3.28. The van der Waals surface area contributed by atoms with E-state index < -0.39 is 10.0 Å². The van der Waals surface area contributed by atoms with E-state index >= 15 is 0 Å². The number of benzene rings is 2. The quantitative estimate of drug-likeness (QED) is 0.311. The average Bonchev–Trinajstić information content (AvgIpc) is 3.49. The van der Waals surface area contributed by atoms with Gasteiger partial charge in [0.15, 0.2) is 0 Å². The molecular formula is C24H24N2O5S2. The lowest BCUT2D eigenvalue weighted by Crippen LogP contribution is -2.30. The minimum Gasteiger partial charge on any atom is -0.497 e. The molecule has 9 heteroatoms. The predicted octanol–water partition coefficient (Wildman–Crippen LogP) is 5.51. The molecule has 7 nitrogen and oxygen atoms in total. The average molecular weight is 485 g/mol. The molecule has 0 bridgehead atoms. The third kappa shape index (κ3) is 4.89. The number of aryl methyl sites for hydroxylation is 1. The topological polar surface area (TPSA) is 81.9 Å². The molecule has 0 saturated carbocycles. The molecule has 172 valence electrons. The molecule has 0 spiro atoms.